The Morgan fingerprint density at radius 3 is 2.39 bits per heavy atom. The zero-order chi connectivity index (χ0) is 20.1. The first kappa shape index (κ1) is 20.8. The van der Waals surface area contributed by atoms with Crippen LogP contribution in [0.15, 0.2) is 53.4 Å². The van der Waals surface area contributed by atoms with E-state index in [1.807, 2.05) is 29.2 Å². The minimum Gasteiger partial charge on any atom is -0.325 e. The van der Waals surface area contributed by atoms with Crippen molar-refractivity contribution in [3.05, 3.63) is 59.1 Å². The van der Waals surface area contributed by atoms with Gasteiger partial charge in [-0.2, -0.15) is 4.31 Å². The Bertz CT molecular complexity index is 924. The monoisotopic (exact) mass is 421 g/mol. The summed E-state index contributed by atoms with van der Waals surface area (Å²) in [5.41, 5.74) is 1.95. The van der Waals surface area contributed by atoms with Gasteiger partial charge in [0.1, 0.15) is 0 Å². The number of sulfonamides is 1. The number of nitrogens with zero attached hydrogens (tertiary/aromatic N) is 2. The number of benzene rings is 2. The fraction of sp³-hybridized carbons (Fsp3) is 0.350. The molecular formula is C20H24ClN3O3S. The molecule has 2 aromatic rings. The van der Waals surface area contributed by atoms with Crippen LogP contribution >= 0.6 is 11.6 Å². The van der Waals surface area contributed by atoms with Crippen LogP contribution in [0.1, 0.15) is 12.5 Å². The standard InChI is InChI=1S/C20H24ClN3O3S/c1-2-16-4-3-5-18(14-16)22-20(25)15-23-10-12-24(13-11-23)28(26,27)19-8-6-17(21)7-9-19/h3-9,14H,2,10-13,15H2,1H3,(H,22,25). The van der Waals surface area contributed by atoms with Gasteiger partial charge in [-0.1, -0.05) is 30.7 Å². The number of piperazine rings is 1. The van der Waals surface area contributed by atoms with Crippen molar-refractivity contribution in [2.45, 2.75) is 18.2 Å². The molecule has 0 radical (unpaired) electrons. The Balaban J connectivity index is 1.53. The second-order valence-corrected chi connectivity index (χ2v) is 9.11. The van der Waals surface area contributed by atoms with E-state index in [-0.39, 0.29) is 17.3 Å². The average molecular weight is 422 g/mol. The van der Waals surface area contributed by atoms with E-state index in [0.717, 1.165) is 12.1 Å². The highest BCUT2D eigenvalue weighted by Crippen LogP contribution is 2.20. The lowest BCUT2D eigenvalue weighted by molar-refractivity contribution is -0.117. The first-order chi connectivity index (χ1) is 13.4. The number of hydrogen-bond donors (Lipinski definition) is 1. The highest BCUT2D eigenvalue weighted by molar-refractivity contribution is 7.89. The van der Waals surface area contributed by atoms with Crippen molar-refractivity contribution in [2.24, 2.45) is 0 Å². The molecule has 1 fully saturated rings. The molecule has 0 unspecified atom stereocenters. The van der Waals surface area contributed by atoms with Crippen LogP contribution in [-0.4, -0.2) is 56.3 Å². The van der Waals surface area contributed by atoms with Gasteiger partial charge in [0, 0.05) is 36.9 Å². The highest BCUT2D eigenvalue weighted by atomic mass is 35.5. The van der Waals surface area contributed by atoms with Gasteiger partial charge in [-0.25, -0.2) is 8.42 Å². The van der Waals surface area contributed by atoms with Gasteiger partial charge in [0.2, 0.25) is 15.9 Å². The first-order valence-electron chi connectivity index (χ1n) is 9.25. The summed E-state index contributed by atoms with van der Waals surface area (Å²) < 4.78 is 26.9. The minimum absolute atomic E-state index is 0.0951. The second kappa shape index (κ2) is 9.05. The van der Waals surface area contributed by atoms with Crippen molar-refractivity contribution >= 4 is 33.2 Å². The summed E-state index contributed by atoms with van der Waals surface area (Å²) in [7, 11) is -3.54. The van der Waals surface area contributed by atoms with E-state index in [2.05, 4.69) is 12.2 Å². The molecular weight excluding hydrogens is 398 g/mol. The number of carbonyl (C=O) groups is 1. The number of rotatable bonds is 6. The topological polar surface area (TPSA) is 69.7 Å². The van der Waals surface area contributed by atoms with Crippen LogP contribution in [-0.2, 0) is 21.2 Å². The third kappa shape index (κ3) is 5.11. The van der Waals surface area contributed by atoms with Crippen LogP contribution in [0.25, 0.3) is 0 Å². The molecule has 0 aliphatic carbocycles. The smallest absolute Gasteiger partial charge is 0.243 e. The molecule has 0 bridgehead atoms. The summed E-state index contributed by atoms with van der Waals surface area (Å²) in [5, 5.41) is 3.41. The summed E-state index contributed by atoms with van der Waals surface area (Å²) in [6, 6.07) is 14.0. The number of anilines is 1. The molecule has 6 nitrogen and oxygen atoms in total. The van der Waals surface area contributed by atoms with Crippen molar-refractivity contribution < 1.29 is 13.2 Å². The maximum atomic E-state index is 12.7. The lowest BCUT2D eigenvalue weighted by atomic mass is 10.1. The molecule has 1 amide bonds. The largest absolute Gasteiger partial charge is 0.325 e. The number of carbonyl (C=O) groups excluding carboxylic acids is 1. The SMILES string of the molecule is CCc1cccc(NC(=O)CN2CCN(S(=O)(=O)c3ccc(Cl)cc3)CC2)c1. The van der Waals surface area contributed by atoms with Crippen LogP contribution in [0.4, 0.5) is 5.69 Å². The van der Waals surface area contributed by atoms with E-state index in [1.165, 1.54) is 22.0 Å². The van der Waals surface area contributed by atoms with Crippen molar-refractivity contribution in [3.63, 3.8) is 0 Å². The molecule has 0 spiro atoms. The molecule has 1 aliphatic heterocycles. The van der Waals surface area contributed by atoms with Gasteiger partial charge in [0.05, 0.1) is 11.4 Å². The van der Waals surface area contributed by atoms with Crippen molar-refractivity contribution in [3.8, 4) is 0 Å². The van der Waals surface area contributed by atoms with E-state index < -0.39 is 10.0 Å². The fourth-order valence-corrected chi connectivity index (χ4v) is 4.70. The lowest BCUT2D eigenvalue weighted by Crippen LogP contribution is -2.50. The Hall–Kier alpha value is -1.93. The Morgan fingerprint density at radius 1 is 1.07 bits per heavy atom. The number of aryl methyl sites for hydroxylation is 1. The maximum absolute atomic E-state index is 12.7. The normalized spacial score (nSPS) is 16.1. The van der Waals surface area contributed by atoms with Crippen LogP contribution in [0.2, 0.25) is 5.02 Å². The Labute approximate surface area is 171 Å². The number of amides is 1. The molecule has 28 heavy (non-hydrogen) atoms. The zero-order valence-corrected chi connectivity index (χ0v) is 17.3. The molecule has 0 aromatic heterocycles. The van der Waals surface area contributed by atoms with Gasteiger partial charge >= 0.3 is 0 Å². The second-order valence-electron chi connectivity index (χ2n) is 6.74. The lowest BCUT2D eigenvalue weighted by Gasteiger charge is -2.33. The predicted molar refractivity (Wildman–Crippen MR) is 111 cm³/mol. The Kier molecular flexibility index (Phi) is 6.72. The highest BCUT2D eigenvalue weighted by Gasteiger charge is 2.29. The van der Waals surface area contributed by atoms with Crippen LogP contribution < -0.4 is 5.32 Å². The van der Waals surface area contributed by atoms with Gasteiger partial charge < -0.3 is 5.32 Å². The van der Waals surface area contributed by atoms with E-state index in [9.17, 15) is 13.2 Å². The first-order valence-corrected chi connectivity index (χ1v) is 11.1. The van der Waals surface area contributed by atoms with Crippen molar-refractivity contribution in [2.75, 3.05) is 38.0 Å². The van der Waals surface area contributed by atoms with Crippen LogP contribution in [0.3, 0.4) is 0 Å². The summed E-state index contributed by atoms with van der Waals surface area (Å²) in [6.07, 6.45) is 0.910. The molecule has 3 rings (SSSR count). The molecule has 2 aromatic carbocycles. The average Bonchev–Trinajstić information content (AvgIpc) is 2.69. The van der Waals surface area contributed by atoms with Gasteiger partial charge in [0.15, 0.2) is 0 Å². The van der Waals surface area contributed by atoms with E-state index in [0.29, 0.717) is 31.2 Å². The summed E-state index contributed by atoms with van der Waals surface area (Å²) in [5.74, 6) is -0.0951. The zero-order valence-electron chi connectivity index (χ0n) is 15.8. The third-order valence-corrected chi connectivity index (χ3v) is 6.93. The fourth-order valence-electron chi connectivity index (χ4n) is 3.16. The van der Waals surface area contributed by atoms with Gasteiger partial charge in [-0.05, 0) is 48.4 Å². The van der Waals surface area contributed by atoms with Crippen LogP contribution in [0, 0.1) is 0 Å². The Morgan fingerprint density at radius 2 is 1.75 bits per heavy atom. The summed E-state index contributed by atoms with van der Waals surface area (Å²) in [4.78, 5) is 14.5. The maximum Gasteiger partial charge on any atom is 0.243 e. The summed E-state index contributed by atoms with van der Waals surface area (Å²) in [6.45, 7) is 4.03. The molecule has 0 saturated carbocycles. The van der Waals surface area contributed by atoms with Crippen molar-refractivity contribution in [1.82, 2.24) is 9.21 Å². The number of hydrogen-bond acceptors (Lipinski definition) is 4. The third-order valence-electron chi connectivity index (χ3n) is 4.77. The molecule has 8 heteroatoms. The van der Waals surface area contributed by atoms with Gasteiger partial charge in [-0.3, -0.25) is 9.69 Å². The minimum atomic E-state index is -3.54. The summed E-state index contributed by atoms with van der Waals surface area (Å²) >= 11 is 5.84. The quantitative estimate of drug-likeness (QED) is 0.778. The van der Waals surface area contributed by atoms with Crippen molar-refractivity contribution in [1.29, 1.82) is 0 Å². The molecule has 1 N–H and O–H groups in total. The molecule has 0 atom stereocenters. The van der Waals surface area contributed by atoms with Gasteiger partial charge in [-0.15, -0.1) is 0 Å². The number of halogens is 1. The van der Waals surface area contributed by atoms with Crippen LogP contribution in [0.5, 0.6) is 0 Å². The molecule has 1 saturated heterocycles. The van der Waals surface area contributed by atoms with E-state index in [1.54, 1.807) is 12.1 Å². The molecule has 1 heterocycles. The van der Waals surface area contributed by atoms with E-state index >= 15 is 0 Å². The van der Waals surface area contributed by atoms with Gasteiger partial charge in [0.25, 0.3) is 0 Å². The number of nitrogens with one attached hydrogen (secondary N) is 1. The molecule has 1 aliphatic rings. The predicted octanol–water partition coefficient (Wildman–Crippen LogP) is 2.85. The molecule has 150 valence electrons. The van der Waals surface area contributed by atoms with E-state index in [4.69, 9.17) is 11.6 Å².